The van der Waals surface area contributed by atoms with Crippen molar-refractivity contribution in [3.05, 3.63) is 42.7 Å². The zero-order chi connectivity index (χ0) is 10.5. The topological polar surface area (TPSA) is 69.9 Å². The lowest BCUT2D eigenvalue weighted by atomic mass is 10.3. The first-order chi connectivity index (χ1) is 7.36. The summed E-state index contributed by atoms with van der Waals surface area (Å²) in [6.07, 6.45) is 5.91. The Morgan fingerprint density at radius 3 is 2.80 bits per heavy atom. The summed E-state index contributed by atoms with van der Waals surface area (Å²) in [6, 6.07) is 3.17. The minimum absolute atomic E-state index is 0.0567. The van der Waals surface area contributed by atoms with Crippen molar-refractivity contribution in [1.82, 2.24) is 19.7 Å². The first kappa shape index (κ1) is 9.32. The zero-order valence-electron chi connectivity index (χ0n) is 7.78. The standard InChI is InChI=1S/C9H8N4O2/c14-9(8-1-3-10-4-2-8)15-7-13-6-11-5-12-13/h1-6H,7H2. The fraction of sp³-hybridized carbons (Fsp3) is 0.111. The molecule has 6 heteroatoms. The molecule has 0 unspecified atom stereocenters. The van der Waals surface area contributed by atoms with Crippen molar-refractivity contribution in [3.63, 3.8) is 0 Å². The second kappa shape index (κ2) is 4.32. The summed E-state index contributed by atoms with van der Waals surface area (Å²) in [5.74, 6) is -0.409. The van der Waals surface area contributed by atoms with Crippen LogP contribution in [0.15, 0.2) is 37.2 Å². The van der Waals surface area contributed by atoms with Gasteiger partial charge in [-0.25, -0.2) is 14.5 Å². The van der Waals surface area contributed by atoms with Gasteiger partial charge in [-0.2, -0.15) is 5.10 Å². The number of aromatic nitrogens is 4. The molecule has 0 aliphatic heterocycles. The van der Waals surface area contributed by atoms with E-state index in [1.54, 1.807) is 12.1 Å². The average Bonchev–Trinajstić information content (AvgIpc) is 2.80. The number of rotatable bonds is 3. The van der Waals surface area contributed by atoms with Gasteiger partial charge < -0.3 is 4.74 Å². The minimum Gasteiger partial charge on any atom is -0.439 e. The van der Waals surface area contributed by atoms with Crippen molar-refractivity contribution in [2.24, 2.45) is 0 Å². The number of carbonyl (C=O) groups excluding carboxylic acids is 1. The van der Waals surface area contributed by atoms with E-state index >= 15 is 0 Å². The van der Waals surface area contributed by atoms with Gasteiger partial charge in [-0.05, 0) is 12.1 Å². The SMILES string of the molecule is O=C(OCn1cncn1)c1ccncc1. The lowest BCUT2D eigenvalue weighted by Crippen LogP contribution is -2.10. The predicted molar refractivity (Wildman–Crippen MR) is 49.7 cm³/mol. The van der Waals surface area contributed by atoms with Gasteiger partial charge in [0.05, 0.1) is 5.56 Å². The van der Waals surface area contributed by atoms with Gasteiger partial charge in [-0.15, -0.1) is 0 Å². The molecule has 2 rings (SSSR count). The number of hydrogen-bond donors (Lipinski definition) is 0. The second-order valence-electron chi connectivity index (χ2n) is 2.73. The molecule has 0 aliphatic carbocycles. The molecular weight excluding hydrogens is 196 g/mol. The fourth-order valence-corrected chi connectivity index (χ4v) is 0.995. The Kier molecular flexibility index (Phi) is 2.68. The van der Waals surface area contributed by atoms with E-state index in [2.05, 4.69) is 15.1 Å². The summed E-state index contributed by atoms with van der Waals surface area (Å²) in [6.45, 7) is 0.0567. The highest BCUT2D eigenvalue weighted by molar-refractivity contribution is 5.88. The number of carbonyl (C=O) groups is 1. The van der Waals surface area contributed by atoms with E-state index in [4.69, 9.17) is 4.74 Å². The van der Waals surface area contributed by atoms with Gasteiger partial charge in [-0.3, -0.25) is 4.98 Å². The molecule has 0 fully saturated rings. The molecule has 2 heterocycles. The van der Waals surface area contributed by atoms with Gasteiger partial charge in [0.1, 0.15) is 12.7 Å². The molecule has 6 nitrogen and oxygen atoms in total. The summed E-state index contributed by atoms with van der Waals surface area (Å²) in [4.78, 5) is 19.0. The number of hydrogen-bond acceptors (Lipinski definition) is 5. The maximum atomic E-state index is 11.4. The van der Waals surface area contributed by atoms with Crippen LogP contribution in [0.1, 0.15) is 10.4 Å². The van der Waals surface area contributed by atoms with Crippen LogP contribution in [0.3, 0.4) is 0 Å². The highest BCUT2D eigenvalue weighted by atomic mass is 16.5. The summed E-state index contributed by atoms with van der Waals surface area (Å²) in [5.41, 5.74) is 0.463. The smallest absolute Gasteiger partial charge is 0.340 e. The summed E-state index contributed by atoms with van der Waals surface area (Å²) in [5, 5.41) is 3.80. The van der Waals surface area contributed by atoms with Gasteiger partial charge >= 0.3 is 5.97 Å². The summed E-state index contributed by atoms with van der Waals surface area (Å²) >= 11 is 0. The van der Waals surface area contributed by atoms with E-state index < -0.39 is 5.97 Å². The number of ether oxygens (including phenoxy) is 1. The van der Waals surface area contributed by atoms with E-state index in [0.29, 0.717) is 5.56 Å². The molecule has 0 aliphatic rings. The van der Waals surface area contributed by atoms with Gasteiger partial charge in [-0.1, -0.05) is 0 Å². The Morgan fingerprint density at radius 1 is 1.33 bits per heavy atom. The van der Waals surface area contributed by atoms with E-state index in [0.717, 1.165) is 0 Å². The van der Waals surface area contributed by atoms with Crippen molar-refractivity contribution in [3.8, 4) is 0 Å². The quantitative estimate of drug-likeness (QED) is 0.680. The highest BCUT2D eigenvalue weighted by Crippen LogP contribution is 1.99. The van der Waals surface area contributed by atoms with Crippen LogP contribution < -0.4 is 0 Å². The Morgan fingerprint density at radius 2 is 2.13 bits per heavy atom. The first-order valence-electron chi connectivity index (χ1n) is 4.26. The Balaban J connectivity index is 1.94. The molecule has 0 saturated heterocycles. The molecule has 2 aromatic rings. The van der Waals surface area contributed by atoms with Crippen LogP contribution in [-0.4, -0.2) is 25.7 Å². The largest absolute Gasteiger partial charge is 0.439 e. The van der Waals surface area contributed by atoms with Gasteiger partial charge in [0.2, 0.25) is 0 Å². The third-order valence-corrected chi connectivity index (χ3v) is 1.71. The van der Waals surface area contributed by atoms with Crippen molar-refractivity contribution >= 4 is 5.97 Å². The molecular formula is C9H8N4O2. The van der Waals surface area contributed by atoms with Crippen LogP contribution in [0, 0.1) is 0 Å². The maximum Gasteiger partial charge on any atom is 0.340 e. The molecule has 2 aromatic heterocycles. The van der Waals surface area contributed by atoms with Crippen LogP contribution in [0.2, 0.25) is 0 Å². The van der Waals surface area contributed by atoms with E-state index in [-0.39, 0.29) is 6.73 Å². The van der Waals surface area contributed by atoms with Crippen molar-refractivity contribution in [2.75, 3.05) is 0 Å². The Labute approximate surface area is 85.5 Å². The van der Waals surface area contributed by atoms with Gasteiger partial charge in [0.25, 0.3) is 0 Å². The summed E-state index contributed by atoms with van der Waals surface area (Å²) in [7, 11) is 0. The first-order valence-corrected chi connectivity index (χ1v) is 4.26. The molecule has 0 atom stereocenters. The van der Waals surface area contributed by atoms with E-state index in [1.165, 1.54) is 29.7 Å². The molecule has 0 spiro atoms. The van der Waals surface area contributed by atoms with Crippen LogP contribution in [0.5, 0.6) is 0 Å². The van der Waals surface area contributed by atoms with Crippen molar-refractivity contribution < 1.29 is 9.53 Å². The van der Waals surface area contributed by atoms with Crippen LogP contribution in [0.4, 0.5) is 0 Å². The van der Waals surface area contributed by atoms with Crippen molar-refractivity contribution in [2.45, 2.75) is 6.73 Å². The molecule has 0 N–H and O–H groups in total. The van der Waals surface area contributed by atoms with E-state index in [9.17, 15) is 4.79 Å². The molecule has 76 valence electrons. The normalized spacial score (nSPS) is 9.87. The Hall–Kier alpha value is -2.24. The molecule has 0 radical (unpaired) electrons. The average molecular weight is 204 g/mol. The van der Waals surface area contributed by atoms with Gasteiger partial charge in [0.15, 0.2) is 6.73 Å². The van der Waals surface area contributed by atoms with Crippen LogP contribution >= 0.6 is 0 Å². The van der Waals surface area contributed by atoms with Crippen LogP contribution in [0.25, 0.3) is 0 Å². The lowest BCUT2D eigenvalue weighted by Gasteiger charge is -2.03. The molecule has 0 aromatic carbocycles. The third-order valence-electron chi connectivity index (χ3n) is 1.71. The molecule has 0 saturated carbocycles. The Bertz CT molecular complexity index is 427. The van der Waals surface area contributed by atoms with Crippen molar-refractivity contribution in [1.29, 1.82) is 0 Å². The molecule has 0 amide bonds. The lowest BCUT2D eigenvalue weighted by molar-refractivity contribution is 0.0349. The monoisotopic (exact) mass is 204 g/mol. The predicted octanol–water partition coefficient (Wildman–Crippen LogP) is 0.488. The van der Waals surface area contributed by atoms with Gasteiger partial charge in [0, 0.05) is 12.4 Å². The number of nitrogens with zero attached hydrogens (tertiary/aromatic N) is 4. The van der Waals surface area contributed by atoms with Crippen LogP contribution in [-0.2, 0) is 11.5 Å². The van der Waals surface area contributed by atoms with E-state index in [1.807, 2.05) is 0 Å². The minimum atomic E-state index is -0.409. The zero-order valence-corrected chi connectivity index (χ0v) is 7.78. The molecule has 15 heavy (non-hydrogen) atoms. The maximum absolute atomic E-state index is 11.4. The molecule has 0 bridgehead atoms. The number of esters is 1. The highest BCUT2D eigenvalue weighted by Gasteiger charge is 2.05. The number of pyridine rings is 1. The second-order valence-corrected chi connectivity index (χ2v) is 2.73. The third kappa shape index (κ3) is 2.37. The fourth-order valence-electron chi connectivity index (χ4n) is 0.995. The summed E-state index contributed by atoms with van der Waals surface area (Å²) < 4.78 is 6.38.